The number of aliphatic hydroxyl groups excluding tert-OH is 1. The highest BCUT2D eigenvalue weighted by atomic mass is 16.3. The van der Waals surface area contributed by atoms with Crippen LogP contribution in [-0.2, 0) is 13.1 Å². The van der Waals surface area contributed by atoms with Crippen molar-refractivity contribution >= 4 is 11.2 Å². The van der Waals surface area contributed by atoms with E-state index in [0.717, 1.165) is 11.0 Å². The third-order valence-electron chi connectivity index (χ3n) is 2.87. The van der Waals surface area contributed by atoms with E-state index < -0.39 is 17.4 Å². The molecule has 0 radical (unpaired) electrons. The van der Waals surface area contributed by atoms with Crippen molar-refractivity contribution in [2.24, 2.45) is 0 Å². The topological polar surface area (TPSA) is 92.9 Å². The molecule has 0 bridgehead atoms. The van der Waals surface area contributed by atoms with Crippen molar-refractivity contribution in [1.29, 1.82) is 0 Å². The van der Waals surface area contributed by atoms with Crippen molar-refractivity contribution in [3.8, 4) is 0 Å². The average molecular weight is 266 g/mol. The fourth-order valence-corrected chi connectivity index (χ4v) is 2.13. The van der Waals surface area contributed by atoms with Gasteiger partial charge >= 0.3 is 5.69 Å². The third-order valence-corrected chi connectivity index (χ3v) is 2.87. The van der Waals surface area contributed by atoms with Gasteiger partial charge in [-0.05, 0) is 20.3 Å². The zero-order valence-corrected chi connectivity index (χ0v) is 11.3. The molecule has 2 rings (SSSR count). The molecule has 2 heterocycles. The smallest absolute Gasteiger partial charge is 0.332 e. The van der Waals surface area contributed by atoms with Gasteiger partial charge in [0.15, 0.2) is 5.65 Å². The molecule has 0 fully saturated rings. The Labute approximate surface area is 109 Å². The van der Waals surface area contributed by atoms with Crippen LogP contribution in [0.4, 0.5) is 0 Å². The molecule has 0 aliphatic heterocycles. The molecule has 0 spiro atoms. The Balaban J connectivity index is 2.82. The zero-order chi connectivity index (χ0) is 14.2. The van der Waals surface area contributed by atoms with Gasteiger partial charge in [-0.15, -0.1) is 0 Å². The van der Waals surface area contributed by atoms with Crippen LogP contribution in [0.2, 0.25) is 0 Å². The van der Waals surface area contributed by atoms with Crippen LogP contribution in [-0.4, -0.2) is 30.3 Å². The number of fused-ring (bicyclic) bond motifs is 1. The predicted molar refractivity (Wildman–Crippen MR) is 71.3 cm³/mol. The molecule has 0 amide bonds. The standard InChI is InChI=1S/C12H18N4O3/c1-4-5-15-10-9(13-8(3)14-10)11(18)16(12(15)19)6-7(2)17/h7,17H,4-6H2,1-3H3,(H,13,14). The maximum Gasteiger partial charge on any atom is 0.332 e. The number of H-pyrrole nitrogens is 1. The monoisotopic (exact) mass is 266 g/mol. The molecule has 2 N–H and O–H groups in total. The number of nitrogens with zero attached hydrogens (tertiary/aromatic N) is 3. The van der Waals surface area contributed by atoms with Crippen molar-refractivity contribution in [3.05, 3.63) is 26.7 Å². The first kappa shape index (κ1) is 13.5. The summed E-state index contributed by atoms with van der Waals surface area (Å²) in [5, 5.41) is 9.42. The summed E-state index contributed by atoms with van der Waals surface area (Å²) in [4.78, 5) is 31.6. The van der Waals surface area contributed by atoms with Crippen LogP contribution in [0.15, 0.2) is 9.59 Å². The highest BCUT2D eigenvalue weighted by molar-refractivity contribution is 5.69. The largest absolute Gasteiger partial charge is 0.392 e. The Bertz CT molecular complexity index is 708. The maximum absolute atomic E-state index is 12.3. The van der Waals surface area contributed by atoms with Gasteiger partial charge in [0.25, 0.3) is 5.56 Å². The lowest BCUT2D eigenvalue weighted by Crippen LogP contribution is -2.42. The van der Waals surface area contributed by atoms with Crippen LogP contribution >= 0.6 is 0 Å². The molecule has 2 aromatic heterocycles. The second-order valence-electron chi connectivity index (χ2n) is 4.72. The summed E-state index contributed by atoms with van der Waals surface area (Å²) < 4.78 is 2.53. The molecule has 2 aromatic rings. The van der Waals surface area contributed by atoms with Crippen LogP contribution < -0.4 is 11.2 Å². The van der Waals surface area contributed by atoms with Crippen LogP contribution in [0, 0.1) is 6.92 Å². The summed E-state index contributed by atoms with van der Waals surface area (Å²) in [6, 6.07) is 0. The van der Waals surface area contributed by atoms with E-state index in [4.69, 9.17) is 0 Å². The molecule has 0 aliphatic carbocycles. The Hall–Kier alpha value is -1.89. The third kappa shape index (κ3) is 2.33. The highest BCUT2D eigenvalue weighted by Gasteiger charge is 2.16. The van der Waals surface area contributed by atoms with E-state index >= 15 is 0 Å². The van der Waals surface area contributed by atoms with Gasteiger partial charge in [0, 0.05) is 6.54 Å². The van der Waals surface area contributed by atoms with Gasteiger partial charge in [0.1, 0.15) is 11.3 Å². The number of aromatic amines is 1. The SMILES string of the molecule is CCCn1c(=O)n(CC(C)O)c(=O)c2[nH]c(C)nc21. The molecule has 104 valence electrons. The van der Waals surface area contributed by atoms with Gasteiger partial charge in [-0.1, -0.05) is 6.92 Å². The highest BCUT2D eigenvalue weighted by Crippen LogP contribution is 2.05. The lowest BCUT2D eigenvalue weighted by atomic mass is 10.4. The fraction of sp³-hybridized carbons (Fsp3) is 0.583. The molecule has 19 heavy (non-hydrogen) atoms. The lowest BCUT2D eigenvalue weighted by molar-refractivity contribution is 0.169. The fourth-order valence-electron chi connectivity index (χ4n) is 2.13. The van der Waals surface area contributed by atoms with Crippen molar-refractivity contribution in [2.45, 2.75) is 46.4 Å². The van der Waals surface area contributed by atoms with E-state index in [2.05, 4.69) is 9.97 Å². The quantitative estimate of drug-likeness (QED) is 0.813. The predicted octanol–water partition coefficient (Wildman–Crippen LogP) is -0.0145. The maximum atomic E-state index is 12.3. The van der Waals surface area contributed by atoms with Gasteiger partial charge in [0.2, 0.25) is 0 Å². The number of aromatic nitrogens is 4. The summed E-state index contributed by atoms with van der Waals surface area (Å²) in [5.74, 6) is 0.589. The Kier molecular flexibility index (Phi) is 3.57. The molecule has 1 atom stereocenters. The minimum Gasteiger partial charge on any atom is -0.392 e. The normalized spacial score (nSPS) is 13.1. The second-order valence-corrected chi connectivity index (χ2v) is 4.72. The Morgan fingerprint density at radius 2 is 2.05 bits per heavy atom. The number of hydrogen-bond donors (Lipinski definition) is 2. The van der Waals surface area contributed by atoms with Crippen molar-refractivity contribution < 1.29 is 5.11 Å². The number of hydrogen-bond acceptors (Lipinski definition) is 4. The van der Waals surface area contributed by atoms with E-state index in [1.807, 2.05) is 6.92 Å². The summed E-state index contributed by atoms with van der Waals surface area (Å²) in [6.07, 6.45) is -0.00435. The van der Waals surface area contributed by atoms with Crippen LogP contribution in [0.25, 0.3) is 11.2 Å². The number of aryl methyl sites for hydroxylation is 2. The molecule has 1 unspecified atom stereocenters. The molecular weight excluding hydrogens is 248 g/mol. The zero-order valence-electron chi connectivity index (χ0n) is 11.3. The summed E-state index contributed by atoms with van der Waals surface area (Å²) >= 11 is 0. The molecule has 0 aromatic carbocycles. The van der Waals surface area contributed by atoms with E-state index in [1.54, 1.807) is 13.8 Å². The molecule has 0 saturated carbocycles. The van der Waals surface area contributed by atoms with E-state index in [1.165, 1.54) is 4.57 Å². The number of rotatable bonds is 4. The second kappa shape index (κ2) is 5.00. The van der Waals surface area contributed by atoms with Gasteiger partial charge in [-0.25, -0.2) is 9.78 Å². The molecular formula is C12H18N4O3. The Morgan fingerprint density at radius 1 is 1.37 bits per heavy atom. The van der Waals surface area contributed by atoms with Crippen molar-refractivity contribution in [1.82, 2.24) is 19.1 Å². The van der Waals surface area contributed by atoms with Crippen molar-refractivity contribution in [3.63, 3.8) is 0 Å². The molecule has 7 nitrogen and oxygen atoms in total. The summed E-state index contributed by atoms with van der Waals surface area (Å²) in [5.41, 5.74) is -0.164. The molecule has 0 saturated heterocycles. The minimum atomic E-state index is -0.762. The number of imidazole rings is 1. The average Bonchev–Trinajstić information content (AvgIpc) is 2.72. The van der Waals surface area contributed by atoms with Crippen molar-refractivity contribution in [2.75, 3.05) is 0 Å². The van der Waals surface area contributed by atoms with E-state index in [9.17, 15) is 14.7 Å². The van der Waals surface area contributed by atoms with E-state index in [-0.39, 0.29) is 6.54 Å². The van der Waals surface area contributed by atoms with Gasteiger partial charge in [-0.3, -0.25) is 13.9 Å². The number of nitrogens with one attached hydrogen (secondary N) is 1. The Morgan fingerprint density at radius 3 is 2.63 bits per heavy atom. The van der Waals surface area contributed by atoms with E-state index in [0.29, 0.717) is 23.5 Å². The molecule has 7 heteroatoms. The van der Waals surface area contributed by atoms with Crippen LogP contribution in [0.3, 0.4) is 0 Å². The van der Waals surface area contributed by atoms with Gasteiger partial charge in [0.05, 0.1) is 12.6 Å². The lowest BCUT2D eigenvalue weighted by Gasteiger charge is -2.11. The minimum absolute atomic E-state index is 0.0185. The van der Waals surface area contributed by atoms with Gasteiger partial charge in [-0.2, -0.15) is 0 Å². The first-order chi connectivity index (χ1) is 8.95. The van der Waals surface area contributed by atoms with Crippen LogP contribution in [0.1, 0.15) is 26.1 Å². The number of aliphatic hydroxyl groups is 1. The summed E-state index contributed by atoms with van der Waals surface area (Å²) in [7, 11) is 0. The summed E-state index contributed by atoms with van der Waals surface area (Å²) in [6.45, 7) is 5.69. The molecule has 0 aliphatic rings. The first-order valence-corrected chi connectivity index (χ1v) is 6.33. The van der Waals surface area contributed by atoms with Crippen LogP contribution in [0.5, 0.6) is 0 Å². The first-order valence-electron chi connectivity index (χ1n) is 6.33. The van der Waals surface area contributed by atoms with Gasteiger partial charge < -0.3 is 10.1 Å².